The molecule has 0 bridgehead atoms. The Morgan fingerprint density at radius 2 is 2.00 bits per heavy atom. The number of hydrogen-bond donors (Lipinski definition) is 1. The zero-order chi connectivity index (χ0) is 12.7. The Kier molecular flexibility index (Phi) is 2.59. The van der Waals surface area contributed by atoms with E-state index in [0.29, 0.717) is 6.67 Å². The number of nitrogens with zero attached hydrogens (tertiary/aromatic N) is 1. The van der Waals surface area contributed by atoms with Crippen LogP contribution in [-0.4, -0.2) is 24.5 Å². The Morgan fingerprint density at radius 3 is 2.72 bits per heavy atom. The molecule has 1 aliphatic rings. The minimum Gasteiger partial charge on any atom is -0.366 e. The fourth-order valence-electron chi connectivity index (χ4n) is 2.08. The second-order valence-electron chi connectivity index (χ2n) is 4.56. The number of hydrogen-bond acceptors (Lipinski definition) is 3. The fourth-order valence-corrected chi connectivity index (χ4v) is 3.13. The van der Waals surface area contributed by atoms with Gasteiger partial charge in [-0.05, 0) is 12.5 Å². The molecule has 92 valence electrons. The van der Waals surface area contributed by atoms with E-state index in [1.807, 2.05) is 7.05 Å². The first-order chi connectivity index (χ1) is 8.66. The second kappa shape index (κ2) is 4.14. The van der Waals surface area contributed by atoms with Gasteiger partial charge in [0.25, 0.3) is 5.91 Å². The molecule has 0 aliphatic carbocycles. The van der Waals surface area contributed by atoms with Gasteiger partial charge >= 0.3 is 0 Å². The maximum absolute atomic E-state index is 12.0. The third kappa shape index (κ3) is 1.69. The predicted octanol–water partition coefficient (Wildman–Crippen LogP) is 3.18. The van der Waals surface area contributed by atoms with Crippen molar-refractivity contribution in [1.29, 1.82) is 0 Å². The molecule has 1 N–H and O–H groups in total. The molecule has 1 amide bonds. The molecule has 1 aliphatic heterocycles. The molecule has 3 nitrogen and oxygen atoms in total. The van der Waals surface area contributed by atoms with Crippen LogP contribution < -0.4 is 5.32 Å². The first-order valence-electron chi connectivity index (χ1n) is 5.84. The van der Waals surface area contributed by atoms with E-state index in [9.17, 15) is 4.79 Å². The van der Waals surface area contributed by atoms with E-state index in [4.69, 9.17) is 0 Å². The number of carbonyl (C=O) groups excluding carboxylic acids is 1. The number of anilines is 1. The first-order valence-corrected chi connectivity index (χ1v) is 6.72. The molecule has 0 fully saturated rings. The zero-order valence-electron chi connectivity index (χ0n) is 10.4. The number of thiophene rings is 1. The molecule has 3 rings (SSSR count). The highest BCUT2D eigenvalue weighted by molar-refractivity contribution is 7.13. The lowest BCUT2D eigenvalue weighted by Gasteiger charge is -2.24. The molecule has 0 saturated carbocycles. The standard InChI is InChI=1S/C14H14N2OS/c1-9-3-5-10(6-4-9)11-7-18-13-12(11)15-8-16(2)14(13)17/h3-7,15H,8H2,1-2H3. The summed E-state index contributed by atoms with van der Waals surface area (Å²) in [5.74, 6) is 0.104. The minimum absolute atomic E-state index is 0.104. The maximum Gasteiger partial charge on any atom is 0.267 e. The quantitative estimate of drug-likeness (QED) is 0.852. The molecule has 0 atom stereocenters. The Morgan fingerprint density at radius 1 is 1.28 bits per heavy atom. The van der Waals surface area contributed by atoms with Crippen LogP contribution in [0.25, 0.3) is 11.1 Å². The molecule has 18 heavy (non-hydrogen) atoms. The van der Waals surface area contributed by atoms with Crippen LogP contribution in [0.2, 0.25) is 0 Å². The van der Waals surface area contributed by atoms with Crippen LogP contribution in [0, 0.1) is 6.92 Å². The van der Waals surface area contributed by atoms with Crippen molar-refractivity contribution in [3.05, 3.63) is 40.1 Å². The molecule has 2 aromatic rings. The van der Waals surface area contributed by atoms with Crippen LogP contribution in [0.1, 0.15) is 15.2 Å². The van der Waals surface area contributed by atoms with Crippen molar-refractivity contribution in [3.8, 4) is 11.1 Å². The summed E-state index contributed by atoms with van der Waals surface area (Å²) in [6.45, 7) is 2.64. The molecule has 1 aromatic heterocycles. The van der Waals surface area contributed by atoms with Crippen LogP contribution in [-0.2, 0) is 0 Å². The van der Waals surface area contributed by atoms with Crippen molar-refractivity contribution >= 4 is 22.9 Å². The number of fused-ring (bicyclic) bond motifs is 1. The summed E-state index contributed by atoms with van der Waals surface area (Å²) in [5.41, 5.74) is 4.50. The van der Waals surface area contributed by atoms with Crippen LogP contribution >= 0.6 is 11.3 Å². The Bertz CT molecular complexity index is 601. The number of aryl methyl sites for hydroxylation is 1. The van der Waals surface area contributed by atoms with Crippen molar-refractivity contribution in [3.63, 3.8) is 0 Å². The third-order valence-corrected chi connectivity index (χ3v) is 4.16. The highest BCUT2D eigenvalue weighted by Gasteiger charge is 2.25. The molecule has 1 aromatic carbocycles. The summed E-state index contributed by atoms with van der Waals surface area (Å²) >= 11 is 1.51. The Labute approximate surface area is 110 Å². The van der Waals surface area contributed by atoms with E-state index in [1.54, 1.807) is 4.90 Å². The minimum atomic E-state index is 0.104. The van der Waals surface area contributed by atoms with E-state index in [2.05, 4.69) is 41.9 Å². The van der Waals surface area contributed by atoms with Crippen LogP contribution in [0.4, 0.5) is 5.69 Å². The van der Waals surface area contributed by atoms with Crippen molar-refractivity contribution < 1.29 is 4.79 Å². The number of amides is 1. The fraction of sp³-hybridized carbons (Fsp3) is 0.214. The second-order valence-corrected chi connectivity index (χ2v) is 5.44. The lowest BCUT2D eigenvalue weighted by molar-refractivity contribution is 0.0802. The molecule has 0 unspecified atom stereocenters. The topological polar surface area (TPSA) is 32.3 Å². The van der Waals surface area contributed by atoms with E-state index in [-0.39, 0.29) is 5.91 Å². The zero-order valence-corrected chi connectivity index (χ0v) is 11.2. The average Bonchev–Trinajstić information content (AvgIpc) is 2.79. The molecule has 0 saturated heterocycles. The predicted molar refractivity (Wildman–Crippen MR) is 75.1 cm³/mol. The normalized spacial score (nSPS) is 14.3. The highest BCUT2D eigenvalue weighted by atomic mass is 32.1. The van der Waals surface area contributed by atoms with Crippen LogP contribution in [0.5, 0.6) is 0 Å². The molecular formula is C14H14N2OS. The van der Waals surface area contributed by atoms with E-state index < -0.39 is 0 Å². The van der Waals surface area contributed by atoms with Gasteiger partial charge in [0.1, 0.15) is 4.88 Å². The van der Waals surface area contributed by atoms with Gasteiger partial charge in [-0.2, -0.15) is 0 Å². The smallest absolute Gasteiger partial charge is 0.267 e. The number of nitrogens with one attached hydrogen (secondary N) is 1. The van der Waals surface area contributed by atoms with E-state index in [1.165, 1.54) is 16.9 Å². The molecule has 4 heteroatoms. The largest absolute Gasteiger partial charge is 0.366 e. The number of rotatable bonds is 1. The summed E-state index contributed by atoms with van der Waals surface area (Å²) < 4.78 is 0. The lowest BCUT2D eigenvalue weighted by Crippen LogP contribution is -2.35. The van der Waals surface area contributed by atoms with E-state index in [0.717, 1.165) is 21.7 Å². The lowest BCUT2D eigenvalue weighted by atomic mass is 10.0. The van der Waals surface area contributed by atoms with Gasteiger partial charge < -0.3 is 10.2 Å². The summed E-state index contributed by atoms with van der Waals surface area (Å²) in [6.07, 6.45) is 0. The average molecular weight is 258 g/mol. The van der Waals surface area contributed by atoms with Gasteiger partial charge in [0, 0.05) is 18.0 Å². The summed E-state index contributed by atoms with van der Waals surface area (Å²) in [4.78, 5) is 14.5. The van der Waals surface area contributed by atoms with Gasteiger partial charge in [0.05, 0.1) is 12.4 Å². The maximum atomic E-state index is 12.0. The first kappa shape index (κ1) is 11.3. The molecule has 0 spiro atoms. The van der Waals surface area contributed by atoms with Gasteiger partial charge in [-0.15, -0.1) is 11.3 Å². The highest BCUT2D eigenvalue weighted by Crippen LogP contribution is 2.38. The van der Waals surface area contributed by atoms with Gasteiger partial charge in [0.15, 0.2) is 0 Å². The van der Waals surface area contributed by atoms with E-state index >= 15 is 0 Å². The Balaban J connectivity index is 2.08. The third-order valence-electron chi connectivity index (χ3n) is 3.19. The number of benzene rings is 1. The van der Waals surface area contributed by atoms with Gasteiger partial charge in [0.2, 0.25) is 0 Å². The van der Waals surface area contributed by atoms with Gasteiger partial charge in [-0.25, -0.2) is 0 Å². The van der Waals surface area contributed by atoms with Crippen molar-refractivity contribution in [1.82, 2.24) is 4.90 Å². The summed E-state index contributed by atoms with van der Waals surface area (Å²) in [6, 6.07) is 8.39. The summed E-state index contributed by atoms with van der Waals surface area (Å²) in [7, 11) is 1.81. The molecule has 0 radical (unpaired) electrons. The summed E-state index contributed by atoms with van der Waals surface area (Å²) in [5, 5.41) is 5.37. The van der Waals surface area contributed by atoms with Crippen molar-refractivity contribution in [2.24, 2.45) is 0 Å². The molecule has 2 heterocycles. The van der Waals surface area contributed by atoms with Gasteiger partial charge in [-0.3, -0.25) is 4.79 Å². The molecular weight excluding hydrogens is 244 g/mol. The number of carbonyl (C=O) groups is 1. The monoisotopic (exact) mass is 258 g/mol. The van der Waals surface area contributed by atoms with Crippen LogP contribution in [0.15, 0.2) is 29.6 Å². The Hall–Kier alpha value is -1.81. The van der Waals surface area contributed by atoms with Gasteiger partial charge in [-0.1, -0.05) is 29.8 Å². The van der Waals surface area contributed by atoms with Crippen molar-refractivity contribution in [2.45, 2.75) is 6.92 Å². The van der Waals surface area contributed by atoms with Crippen molar-refractivity contribution in [2.75, 3.05) is 19.0 Å². The van der Waals surface area contributed by atoms with Crippen LogP contribution in [0.3, 0.4) is 0 Å². The SMILES string of the molecule is Cc1ccc(-c2csc3c2NCN(C)C3=O)cc1.